The maximum absolute atomic E-state index is 12.1. The van der Waals surface area contributed by atoms with Gasteiger partial charge in [0.05, 0.1) is 33.4 Å². The Kier molecular flexibility index (Phi) is 6.63. The first-order chi connectivity index (χ1) is 14.6. The fourth-order valence-corrected chi connectivity index (χ4v) is 3.34. The van der Waals surface area contributed by atoms with E-state index in [9.17, 15) is 5.11 Å². The minimum absolute atomic E-state index is 0.231. The fraction of sp³-hybridized carbons (Fsp3) is 0.200. The van der Waals surface area contributed by atoms with Crippen molar-refractivity contribution >= 4 is 0 Å². The maximum atomic E-state index is 12.1. The molecule has 0 radical (unpaired) electrons. The summed E-state index contributed by atoms with van der Waals surface area (Å²) < 4.78 is 16.0. The van der Waals surface area contributed by atoms with Gasteiger partial charge in [0.25, 0.3) is 0 Å². The molecule has 5 nitrogen and oxygen atoms in total. The molecule has 3 aromatic carbocycles. The minimum Gasteiger partial charge on any atom is -0.497 e. The third-order valence-electron chi connectivity index (χ3n) is 4.96. The summed E-state index contributed by atoms with van der Waals surface area (Å²) in [6, 6.07) is 20.1. The molecular formula is C25H25NO4. The van der Waals surface area contributed by atoms with Crippen molar-refractivity contribution in [1.82, 2.24) is 0 Å². The molecular weight excluding hydrogens is 378 g/mol. The van der Waals surface area contributed by atoms with Crippen LogP contribution < -0.4 is 19.9 Å². The summed E-state index contributed by atoms with van der Waals surface area (Å²) in [6.45, 7) is 0.231. The average molecular weight is 403 g/mol. The molecule has 0 aliphatic heterocycles. The van der Waals surface area contributed by atoms with Crippen molar-refractivity contribution in [3.05, 3.63) is 89.0 Å². The number of hydrogen-bond acceptors (Lipinski definition) is 5. The molecule has 0 aliphatic carbocycles. The highest BCUT2D eigenvalue weighted by Gasteiger charge is 2.34. The van der Waals surface area contributed by atoms with Crippen LogP contribution in [0.25, 0.3) is 0 Å². The molecule has 3 rings (SSSR count). The first-order valence-electron chi connectivity index (χ1n) is 9.45. The normalized spacial score (nSPS) is 10.7. The lowest BCUT2D eigenvalue weighted by atomic mass is 9.80. The standard InChI is InChI=1S/C25H25NO4/c1-28-22-11-6-19(7-12-22)25(27,20-8-13-23(29-2)14-9-20)21-10-15-24(30-3)18(17-21)5-4-16-26/h6-15,17,27H,16,26H2,1-3H3. The lowest BCUT2D eigenvalue weighted by Gasteiger charge is -2.31. The molecule has 0 saturated carbocycles. The number of rotatable bonds is 6. The lowest BCUT2D eigenvalue weighted by molar-refractivity contribution is 0.125. The van der Waals surface area contributed by atoms with E-state index >= 15 is 0 Å². The van der Waals surface area contributed by atoms with Crippen LogP contribution in [0.2, 0.25) is 0 Å². The summed E-state index contributed by atoms with van der Waals surface area (Å²) in [5.74, 6) is 7.91. The van der Waals surface area contributed by atoms with Gasteiger partial charge in [-0.2, -0.15) is 0 Å². The number of hydrogen-bond donors (Lipinski definition) is 2. The molecule has 154 valence electrons. The Morgan fingerprint density at radius 2 is 1.27 bits per heavy atom. The van der Waals surface area contributed by atoms with Crippen molar-refractivity contribution < 1.29 is 19.3 Å². The molecule has 0 aliphatic rings. The van der Waals surface area contributed by atoms with Crippen LogP contribution in [-0.2, 0) is 5.60 Å². The summed E-state index contributed by atoms with van der Waals surface area (Å²) in [5, 5.41) is 12.1. The van der Waals surface area contributed by atoms with Gasteiger partial charge in [-0.15, -0.1) is 0 Å². The van der Waals surface area contributed by atoms with Crippen molar-refractivity contribution in [3.8, 4) is 29.1 Å². The quantitative estimate of drug-likeness (QED) is 0.488. The largest absolute Gasteiger partial charge is 0.497 e. The van der Waals surface area contributed by atoms with E-state index in [0.717, 1.165) is 0 Å². The first-order valence-corrected chi connectivity index (χ1v) is 9.45. The Balaban J connectivity index is 2.22. The van der Waals surface area contributed by atoms with Gasteiger partial charge in [0.2, 0.25) is 0 Å². The highest BCUT2D eigenvalue weighted by atomic mass is 16.5. The topological polar surface area (TPSA) is 73.9 Å². The number of aliphatic hydroxyl groups is 1. The van der Waals surface area contributed by atoms with Crippen LogP contribution in [0.4, 0.5) is 0 Å². The van der Waals surface area contributed by atoms with E-state index in [0.29, 0.717) is 39.5 Å². The predicted molar refractivity (Wildman–Crippen MR) is 117 cm³/mol. The van der Waals surface area contributed by atoms with Gasteiger partial charge in [-0.3, -0.25) is 0 Å². The fourth-order valence-electron chi connectivity index (χ4n) is 3.34. The van der Waals surface area contributed by atoms with Crippen molar-refractivity contribution in [2.75, 3.05) is 27.9 Å². The lowest BCUT2D eigenvalue weighted by Crippen LogP contribution is -2.29. The Morgan fingerprint density at radius 1 is 0.767 bits per heavy atom. The molecule has 0 unspecified atom stereocenters. The van der Waals surface area contributed by atoms with Crippen molar-refractivity contribution in [2.45, 2.75) is 5.60 Å². The molecule has 0 atom stereocenters. The second-order valence-electron chi connectivity index (χ2n) is 6.59. The zero-order chi connectivity index (χ0) is 21.6. The van der Waals surface area contributed by atoms with Gasteiger partial charge >= 0.3 is 0 Å². The molecule has 3 aromatic rings. The second-order valence-corrected chi connectivity index (χ2v) is 6.59. The van der Waals surface area contributed by atoms with Crippen molar-refractivity contribution in [2.24, 2.45) is 5.73 Å². The Morgan fingerprint density at radius 3 is 1.70 bits per heavy atom. The van der Waals surface area contributed by atoms with Crippen LogP contribution in [0.5, 0.6) is 17.2 Å². The molecule has 0 saturated heterocycles. The van der Waals surface area contributed by atoms with E-state index < -0.39 is 5.60 Å². The zero-order valence-electron chi connectivity index (χ0n) is 17.3. The van der Waals surface area contributed by atoms with Crippen LogP contribution in [0.3, 0.4) is 0 Å². The van der Waals surface area contributed by atoms with E-state index in [1.165, 1.54) is 0 Å². The van der Waals surface area contributed by atoms with Crippen LogP contribution in [0.15, 0.2) is 66.7 Å². The van der Waals surface area contributed by atoms with Gasteiger partial charge in [-0.1, -0.05) is 42.2 Å². The minimum atomic E-state index is -1.43. The van der Waals surface area contributed by atoms with Gasteiger partial charge in [0.15, 0.2) is 0 Å². The van der Waals surface area contributed by atoms with Crippen LogP contribution in [0, 0.1) is 11.8 Å². The molecule has 0 aromatic heterocycles. The molecule has 0 spiro atoms. The first kappa shape index (κ1) is 21.3. The van der Waals surface area contributed by atoms with E-state index in [-0.39, 0.29) is 6.54 Å². The van der Waals surface area contributed by atoms with E-state index in [4.69, 9.17) is 19.9 Å². The molecule has 0 bridgehead atoms. The van der Waals surface area contributed by atoms with Gasteiger partial charge in [0.1, 0.15) is 22.8 Å². The predicted octanol–water partition coefficient (Wildman–Crippen LogP) is 3.31. The highest BCUT2D eigenvalue weighted by Crippen LogP contribution is 2.39. The van der Waals surface area contributed by atoms with Gasteiger partial charge in [-0.05, 0) is 53.1 Å². The molecule has 3 N–H and O–H groups in total. The Labute approximate surface area is 177 Å². The SMILES string of the molecule is COc1ccc(C(O)(c2ccc(OC)cc2)c2ccc(OC)c(C#CCN)c2)cc1. The van der Waals surface area contributed by atoms with Crippen molar-refractivity contribution in [1.29, 1.82) is 0 Å². The van der Waals surface area contributed by atoms with Gasteiger partial charge < -0.3 is 25.1 Å². The highest BCUT2D eigenvalue weighted by molar-refractivity contribution is 5.55. The van der Waals surface area contributed by atoms with Crippen molar-refractivity contribution in [3.63, 3.8) is 0 Å². The molecule has 0 heterocycles. The summed E-state index contributed by atoms with van der Waals surface area (Å²) in [6.07, 6.45) is 0. The Bertz CT molecular complexity index is 1000. The molecule has 5 heteroatoms. The van der Waals surface area contributed by atoms with Gasteiger partial charge in [0, 0.05) is 0 Å². The summed E-state index contributed by atoms with van der Waals surface area (Å²) in [5.41, 5.74) is 6.80. The number of benzene rings is 3. The smallest absolute Gasteiger partial charge is 0.140 e. The third-order valence-corrected chi connectivity index (χ3v) is 4.96. The number of ether oxygens (including phenoxy) is 3. The summed E-state index contributed by atoms with van der Waals surface area (Å²) >= 11 is 0. The summed E-state index contributed by atoms with van der Waals surface area (Å²) in [7, 11) is 4.80. The monoisotopic (exact) mass is 403 g/mol. The zero-order valence-corrected chi connectivity index (χ0v) is 17.3. The molecule has 0 amide bonds. The maximum Gasteiger partial charge on any atom is 0.140 e. The molecule has 0 fully saturated rings. The van der Waals surface area contributed by atoms with E-state index in [1.54, 1.807) is 27.4 Å². The van der Waals surface area contributed by atoms with Crippen LogP contribution in [-0.4, -0.2) is 33.0 Å². The van der Waals surface area contributed by atoms with E-state index in [1.807, 2.05) is 60.7 Å². The average Bonchev–Trinajstić information content (AvgIpc) is 2.82. The Hall–Kier alpha value is -3.46. The number of nitrogens with two attached hydrogens (primary N) is 1. The van der Waals surface area contributed by atoms with E-state index in [2.05, 4.69) is 11.8 Å². The van der Waals surface area contributed by atoms with Crippen LogP contribution >= 0.6 is 0 Å². The molecule has 30 heavy (non-hydrogen) atoms. The summed E-state index contributed by atoms with van der Waals surface area (Å²) in [4.78, 5) is 0. The number of methoxy groups -OCH3 is 3. The van der Waals surface area contributed by atoms with Gasteiger partial charge in [-0.25, -0.2) is 0 Å². The second kappa shape index (κ2) is 9.36. The third kappa shape index (κ3) is 4.11. The van der Waals surface area contributed by atoms with Crippen LogP contribution in [0.1, 0.15) is 22.3 Å².